The largest absolute Gasteiger partial charge is 0.0654 e. The van der Waals surface area contributed by atoms with E-state index in [1.165, 1.54) is 146 Å². The Morgan fingerprint density at radius 3 is 1.11 bits per heavy atom. The fourth-order valence-corrected chi connectivity index (χ4v) is 6.49. The molecular formula is C34H48Br2. The molecule has 3 aromatic rings. The van der Waals surface area contributed by atoms with Gasteiger partial charge in [0.2, 0.25) is 0 Å². The van der Waals surface area contributed by atoms with Gasteiger partial charge in [-0.3, -0.25) is 0 Å². The first-order valence-corrected chi connectivity index (χ1v) is 16.6. The fourth-order valence-electron chi connectivity index (χ4n) is 5.77. The van der Waals surface area contributed by atoms with Gasteiger partial charge in [-0.2, -0.15) is 0 Å². The average Bonchev–Trinajstić information content (AvgIpc) is 2.88. The van der Waals surface area contributed by atoms with Crippen LogP contribution < -0.4 is 0 Å². The lowest BCUT2D eigenvalue weighted by atomic mass is 9.86. The topological polar surface area (TPSA) is 0 Å². The molecule has 3 aromatic carbocycles. The second kappa shape index (κ2) is 16.9. The molecular weight excluding hydrogens is 568 g/mol. The molecule has 198 valence electrons. The summed E-state index contributed by atoms with van der Waals surface area (Å²) in [6.07, 6.45) is 24.5. The van der Waals surface area contributed by atoms with E-state index >= 15 is 0 Å². The van der Waals surface area contributed by atoms with Crippen molar-refractivity contribution in [1.82, 2.24) is 0 Å². The first-order valence-electron chi connectivity index (χ1n) is 15.0. The van der Waals surface area contributed by atoms with Crippen LogP contribution in [-0.4, -0.2) is 0 Å². The van der Waals surface area contributed by atoms with Crippen LogP contribution in [0, 0.1) is 0 Å². The van der Waals surface area contributed by atoms with Crippen LogP contribution in [0.4, 0.5) is 0 Å². The molecule has 0 radical (unpaired) electrons. The van der Waals surface area contributed by atoms with Gasteiger partial charge >= 0.3 is 0 Å². The monoisotopic (exact) mass is 614 g/mol. The second-order valence-corrected chi connectivity index (χ2v) is 12.6. The van der Waals surface area contributed by atoms with Gasteiger partial charge in [0.05, 0.1) is 0 Å². The Bertz CT molecular complexity index is 967. The lowest BCUT2D eigenvalue weighted by molar-refractivity contribution is 0.571. The summed E-state index contributed by atoms with van der Waals surface area (Å²) in [6.45, 7) is 4.60. The normalized spacial score (nSPS) is 11.7. The van der Waals surface area contributed by atoms with Crippen molar-refractivity contribution in [2.75, 3.05) is 0 Å². The van der Waals surface area contributed by atoms with Gasteiger partial charge in [0.1, 0.15) is 0 Å². The molecule has 0 nitrogen and oxygen atoms in total. The van der Waals surface area contributed by atoms with Crippen molar-refractivity contribution in [3.05, 3.63) is 56.5 Å². The minimum atomic E-state index is 1.17. The van der Waals surface area contributed by atoms with Gasteiger partial charge in [-0.15, -0.1) is 0 Å². The van der Waals surface area contributed by atoms with E-state index in [4.69, 9.17) is 0 Å². The minimum Gasteiger partial charge on any atom is -0.0654 e. The summed E-state index contributed by atoms with van der Waals surface area (Å²) in [5.41, 5.74) is 3.25. The van der Waals surface area contributed by atoms with Crippen molar-refractivity contribution in [2.24, 2.45) is 0 Å². The van der Waals surface area contributed by atoms with Crippen LogP contribution in [0.1, 0.15) is 128 Å². The molecule has 0 aliphatic carbocycles. The molecule has 0 saturated heterocycles. The smallest absolute Gasteiger partial charge is 0.0181 e. The third kappa shape index (κ3) is 9.16. The zero-order valence-corrected chi connectivity index (χ0v) is 26.1. The van der Waals surface area contributed by atoms with E-state index < -0.39 is 0 Å². The Hall–Kier alpha value is -0.860. The second-order valence-electron chi connectivity index (χ2n) is 10.8. The maximum absolute atomic E-state index is 3.75. The first-order chi connectivity index (χ1) is 17.7. The molecule has 0 aliphatic heterocycles. The van der Waals surface area contributed by atoms with E-state index in [1.54, 1.807) is 11.1 Å². The quantitative estimate of drug-likeness (QED) is 0.0985. The summed E-state index contributed by atoms with van der Waals surface area (Å²) in [7, 11) is 0. The van der Waals surface area contributed by atoms with Gasteiger partial charge in [0.15, 0.2) is 0 Å². The van der Waals surface area contributed by atoms with Gasteiger partial charge < -0.3 is 0 Å². The van der Waals surface area contributed by atoms with Gasteiger partial charge in [0, 0.05) is 8.95 Å². The molecule has 0 fully saturated rings. The summed E-state index contributed by atoms with van der Waals surface area (Å²) in [4.78, 5) is 0. The number of hydrogen-bond acceptors (Lipinski definition) is 0. The van der Waals surface area contributed by atoms with Crippen molar-refractivity contribution in [1.29, 1.82) is 0 Å². The molecule has 0 atom stereocenters. The lowest BCUT2D eigenvalue weighted by Crippen LogP contribution is -2.00. The van der Waals surface area contributed by atoms with Crippen LogP contribution >= 0.6 is 31.9 Å². The SMILES string of the molecule is CCCCCCCCCCc1c(CCCCCCCCCC)c2ccc(Br)cc2c2cc(Br)ccc12. The Labute approximate surface area is 238 Å². The van der Waals surface area contributed by atoms with E-state index in [0.717, 1.165) is 0 Å². The highest BCUT2D eigenvalue weighted by molar-refractivity contribution is 9.10. The molecule has 0 saturated carbocycles. The van der Waals surface area contributed by atoms with Crippen LogP contribution in [0.5, 0.6) is 0 Å². The Morgan fingerprint density at radius 2 is 0.750 bits per heavy atom. The van der Waals surface area contributed by atoms with E-state index in [0.29, 0.717) is 0 Å². The number of aryl methyl sites for hydroxylation is 2. The molecule has 0 aromatic heterocycles. The number of benzene rings is 3. The van der Waals surface area contributed by atoms with Crippen LogP contribution in [0.15, 0.2) is 45.3 Å². The summed E-state index contributed by atoms with van der Waals surface area (Å²) < 4.78 is 2.34. The highest BCUT2D eigenvalue weighted by Gasteiger charge is 2.15. The summed E-state index contributed by atoms with van der Waals surface area (Å²) in [6, 6.07) is 13.9. The zero-order valence-electron chi connectivity index (χ0n) is 22.9. The third-order valence-corrected chi connectivity index (χ3v) is 8.82. The fraction of sp³-hybridized carbons (Fsp3) is 0.588. The molecule has 0 heterocycles. The predicted octanol–water partition coefficient (Wildman–Crippen LogP) is 12.9. The highest BCUT2D eigenvalue weighted by atomic mass is 79.9. The van der Waals surface area contributed by atoms with E-state index in [-0.39, 0.29) is 0 Å². The zero-order chi connectivity index (χ0) is 25.6. The third-order valence-electron chi connectivity index (χ3n) is 7.83. The van der Waals surface area contributed by atoms with Gasteiger partial charge in [-0.25, -0.2) is 0 Å². The van der Waals surface area contributed by atoms with Crippen LogP contribution in [0.2, 0.25) is 0 Å². The van der Waals surface area contributed by atoms with Crippen LogP contribution in [-0.2, 0) is 12.8 Å². The molecule has 36 heavy (non-hydrogen) atoms. The first kappa shape index (κ1) is 29.7. The Balaban J connectivity index is 1.76. The van der Waals surface area contributed by atoms with Gasteiger partial charge in [0.25, 0.3) is 0 Å². The molecule has 2 heteroatoms. The molecule has 3 rings (SSSR count). The average molecular weight is 617 g/mol. The van der Waals surface area contributed by atoms with Crippen molar-refractivity contribution in [3.8, 4) is 0 Å². The van der Waals surface area contributed by atoms with Crippen molar-refractivity contribution in [2.45, 2.75) is 129 Å². The van der Waals surface area contributed by atoms with Gasteiger partial charge in [-0.1, -0.05) is 148 Å². The lowest BCUT2D eigenvalue weighted by Gasteiger charge is -2.19. The minimum absolute atomic E-state index is 1.17. The van der Waals surface area contributed by atoms with E-state index in [1.807, 2.05) is 0 Å². The predicted molar refractivity (Wildman–Crippen MR) is 169 cm³/mol. The Kier molecular flexibility index (Phi) is 13.9. The number of fused-ring (bicyclic) bond motifs is 3. The standard InChI is InChI=1S/C34H48Br2/c1-3-5-7-9-11-13-15-17-19-29-30(20-18-16-14-12-10-8-6-4-2)32-24-22-28(36)26-34(32)33-25-27(35)21-23-31(29)33/h21-26H,3-20H2,1-2H3. The Morgan fingerprint density at radius 1 is 0.417 bits per heavy atom. The van der Waals surface area contributed by atoms with Crippen molar-refractivity contribution >= 4 is 53.4 Å². The number of unbranched alkanes of at least 4 members (excludes halogenated alkanes) is 14. The van der Waals surface area contributed by atoms with E-state index in [9.17, 15) is 0 Å². The number of rotatable bonds is 18. The number of halogens is 2. The molecule has 0 spiro atoms. The molecule has 0 unspecified atom stereocenters. The number of hydrogen-bond donors (Lipinski definition) is 0. The molecule has 0 amide bonds. The van der Waals surface area contributed by atoms with Gasteiger partial charge in [-0.05, 0) is 82.6 Å². The highest BCUT2D eigenvalue weighted by Crippen LogP contribution is 2.37. The molecule has 0 aliphatic rings. The van der Waals surface area contributed by atoms with Crippen LogP contribution in [0.3, 0.4) is 0 Å². The summed E-state index contributed by atoms with van der Waals surface area (Å²) >= 11 is 7.50. The van der Waals surface area contributed by atoms with E-state index in [2.05, 4.69) is 82.1 Å². The van der Waals surface area contributed by atoms with Crippen molar-refractivity contribution in [3.63, 3.8) is 0 Å². The van der Waals surface area contributed by atoms with Crippen LogP contribution in [0.25, 0.3) is 21.5 Å². The summed E-state index contributed by atoms with van der Waals surface area (Å²) in [5, 5.41) is 5.74. The maximum atomic E-state index is 3.75. The molecule has 0 bridgehead atoms. The van der Waals surface area contributed by atoms with Crippen molar-refractivity contribution < 1.29 is 0 Å². The molecule has 0 N–H and O–H groups in total. The maximum Gasteiger partial charge on any atom is 0.0181 e. The summed E-state index contributed by atoms with van der Waals surface area (Å²) in [5.74, 6) is 0.